The molecule has 1 amide bonds. The van der Waals surface area contributed by atoms with Crippen LogP contribution in [0.15, 0.2) is 24.3 Å². The van der Waals surface area contributed by atoms with E-state index < -0.39 is 0 Å². The fourth-order valence-corrected chi connectivity index (χ4v) is 2.05. The highest BCUT2D eigenvalue weighted by Gasteiger charge is 2.18. The van der Waals surface area contributed by atoms with E-state index in [0.717, 1.165) is 12.0 Å². The summed E-state index contributed by atoms with van der Waals surface area (Å²) in [7, 11) is 0. The second-order valence-electron chi connectivity index (χ2n) is 5.72. The van der Waals surface area contributed by atoms with Gasteiger partial charge in [-0.05, 0) is 42.5 Å². The Morgan fingerprint density at radius 2 is 1.85 bits per heavy atom. The summed E-state index contributed by atoms with van der Waals surface area (Å²) in [5.41, 5.74) is 6.48. The molecule has 0 aromatic heterocycles. The molecule has 0 heterocycles. The third-order valence-electron chi connectivity index (χ3n) is 3.48. The number of hydrogen-bond donors (Lipinski definition) is 2. The topological polar surface area (TPSA) is 55.1 Å². The van der Waals surface area contributed by atoms with Crippen LogP contribution in [0.3, 0.4) is 0 Å². The molecule has 0 fully saturated rings. The minimum absolute atomic E-state index is 0.0216. The Labute approximate surface area is 120 Å². The second kappa shape index (κ2) is 8.00. The molecular weight excluding hydrogens is 255 g/mol. The van der Waals surface area contributed by atoms with Gasteiger partial charge in [0.2, 0.25) is 5.91 Å². The predicted molar refractivity (Wildman–Crippen MR) is 79.6 cm³/mol. The van der Waals surface area contributed by atoms with Crippen molar-refractivity contribution in [2.75, 3.05) is 6.54 Å². The Morgan fingerprint density at radius 1 is 1.25 bits per heavy atom. The molecule has 4 heteroatoms. The Hall–Kier alpha value is -1.42. The van der Waals surface area contributed by atoms with Gasteiger partial charge in [-0.2, -0.15) is 0 Å². The van der Waals surface area contributed by atoms with Crippen molar-refractivity contribution in [1.29, 1.82) is 0 Å². The maximum atomic E-state index is 13.0. The zero-order chi connectivity index (χ0) is 15.1. The summed E-state index contributed by atoms with van der Waals surface area (Å²) in [6.07, 6.45) is 1.26. The summed E-state index contributed by atoms with van der Waals surface area (Å²) in [5, 5.41) is 3.03. The van der Waals surface area contributed by atoms with Gasteiger partial charge in [-0.1, -0.05) is 32.9 Å². The number of benzene rings is 1. The van der Waals surface area contributed by atoms with Gasteiger partial charge in [0.25, 0.3) is 0 Å². The zero-order valence-corrected chi connectivity index (χ0v) is 12.5. The fourth-order valence-electron chi connectivity index (χ4n) is 2.05. The van der Waals surface area contributed by atoms with Gasteiger partial charge in [-0.15, -0.1) is 0 Å². The molecule has 0 radical (unpaired) electrons. The lowest BCUT2D eigenvalue weighted by atomic mass is 9.95. The van der Waals surface area contributed by atoms with Crippen molar-refractivity contribution < 1.29 is 9.18 Å². The van der Waals surface area contributed by atoms with E-state index in [2.05, 4.69) is 5.32 Å². The zero-order valence-electron chi connectivity index (χ0n) is 12.5. The van der Waals surface area contributed by atoms with Crippen molar-refractivity contribution in [3.05, 3.63) is 35.6 Å². The van der Waals surface area contributed by atoms with Gasteiger partial charge in [-0.3, -0.25) is 4.79 Å². The smallest absolute Gasteiger partial charge is 0.220 e. The number of carbonyl (C=O) groups excluding carboxylic acids is 1. The van der Waals surface area contributed by atoms with Crippen molar-refractivity contribution in [3.63, 3.8) is 0 Å². The summed E-state index contributed by atoms with van der Waals surface area (Å²) >= 11 is 0. The fraction of sp³-hybridized carbons (Fsp3) is 0.562. The lowest BCUT2D eigenvalue weighted by Crippen LogP contribution is -2.32. The van der Waals surface area contributed by atoms with Crippen LogP contribution < -0.4 is 11.1 Å². The minimum Gasteiger partial charge on any atom is -0.349 e. The Bertz CT molecular complexity index is 417. The van der Waals surface area contributed by atoms with Gasteiger partial charge < -0.3 is 11.1 Å². The molecule has 0 bridgehead atoms. The highest BCUT2D eigenvalue weighted by atomic mass is 19.1. The van der Waals surface area contributed by atoms with E-state index in [-0.39, 0.29) is 23.7 Å². The van der Waals surface area contributed by atoms with Gasteiger partial charge in [0.05, 0.1) is 6.04 Å². The van der Waals surface area contributed by atoms with E-state index in [0.29, 0.717) is 18.9 Å². The molecule has 0 aliphatic heterocycles. The highest BCUT2D eigenvalue weighted by Crippen LogP contribution is 2.22. The standard InChI is InChI=1S/C16H25FN2O/c1-11(2)16(13-5-7-14(17)8-6-13)19-15(20)9-4-12(3)10-18/h5-8,11-12,16H,4,9-10,18H2,1-3H3,(H,19,20). The maximum Gasteiger partial charge on any atom is 0.220 e. The molecule has 112 valence electrons. The Morgan fingerprint density at radius 3 is 2.35 bits per heavy atom. The molecule has 0 saturated carbocycles. The molecule has 3 nitrogen and oxygen atoms in total. The molecule has 0 spiro atoms. The molecular formula is C16H25FN2O. The molecule has 20 heavy (non-hydrogen) atoms. The summed E-state index contributed by atoms with van der Waals surface area (Å²) in [4.78, 5) is 12.0. The lowest BCUT2D eigenvalue weighted by molar-refractivity contribution is -0.122. The van der Waals surface area contributed by atoms with Crippen LogP contribution in [0.1, 0.15) is 45.2 Å². The third kappa shape index (κ3) is 5.29. The molecule has 1 rings (SSSR count). The van der Waals surface area contributed by atoms with Crippen LogP contribution in [0.5, 0.6) is 0 Å². The third-order valence-corrected chi connectivity index (χ3v) is 3.48. The lowest BCUT2D eigenvalue weighted by Gasteiger charge is -2.23. The number of hydrogen-bond acceptors (Lipinski definition) is 2. The van der Waals surface area contributed by atoms with Crippen LogP contribution in [-0.2, 0) is 4.79 Å². The van der Waals surface area contributed by atoms with Crippen LogP contribution in [-0.4, -0.2) is 12.5 Å². The van der Waals surface area contributed by atoms with Crippen molar-refractivity contribution in [2.45, 2.75) is 39.7 Å². The van der Waals surface area contributed by atoms with Gasteiger partial charge >= 0.3 is 0 Å². The first kappa shape index (κ1) is 16.6. The molecule has 1 aromatic rings. The normalized spacial score (nSPS) is 14.1. The molecule has 0 saturated heterocycles. The Kier molecular flexibility index (Phi) is 6.65. The first-order valence-corrected chi connectivity index (χ1v) is 7.19. The van der Waals surface area contributed by atoms with Gasteiger partial charge in [0, 0.05) is 6.42 Å². The predicted octanol–water partition coefficient (Wildman–Crippen LogP) is 3.01. The molecule has 1 aromatic carbocycles. The SMILES string of the molecule is CC(CN)CCC(=O)NC(c1ccc(F)cc1)C(C)C. The van der Waals surface area contributed by atoms with E-state index in [1.54, 1.807) is 12.1 Å². The van der Waals surface area contributed by atoms with E-state index in [9.17, 15) is 9.18 Å². The average Bonchev–Trinajstić information content (AvgIpc) is 2.43. The molecule has 0 aliphatic carbocycles. The number of nitrogens with two attached hydrogens (primary N) is 1. The van der Waals surface area contributed by atoms with Crippen LogP contribution >= 0.6 is 0 Å². The van der Waals surface area contributed by atoms with Crippen molar-refractivity contribution in [1.82, 2.24) is 5.32 Å². The van der Waals surface area contributed by atoms with Crippen LogP contribution in [0, 0.1) is 17.7 Å². The number of amides is 1. The summed E-state index contributed by atoms with van der Waals surface area (Å²) < 4.78 is 13.0. The number of carbonyl (C=O) groups is 1. The largest absolute Gasteiger partial charge is 0.349 e. The van der Waals surface area contributed by atoms with Gasteiger partial charge in [-0.25, -0.2) is 4.39 Å². The Balaban J connectivity index is 2.63. The maximum absolute atomic E-state index is 13.0. The number of rotatable bonds is 7. The number of halogens is 1. The van der Waals surface area contributed by atoms with Crippen molar-refractivity contribution in [3.8, 4) is 0 Å². The average molecular weight is 280 g/mol. The van der Waals surface area contributed by atoms with Crippen LogP contribution in [0.25, 0.3) is 0 Å². The van der Waals surface area contributed by atoms with E-state index in [1.807, 2.05) is 20.8 Å². The number of nitrogens with one attached hydrogen (secondary N) is 1. The van der Waals surface area contributed by atoms with Gasteiger partial charge in [0.1, 0.15) is 5.82 Å². The van der Waals surface area contributed by atoms with Crippen molar-refractivity contribution >= 4 is 5.91 Å². The highest BCUT2D eigenvalue weighted by molar-refractivity contribution is 5.76. The van der Waals surface area contributed by atoms with E-state index >= 15 is 0 Å². The first-order valence-electron chi connectivity index (χ1n) is 7.19. The quantitative estimate of drug-likeness (QED) is 0.806. The minimum atomic E-state index is -0.264. The van der Waals surface area contributed by atoms with E-state index in [1.165, 1.54) is 12.1 Å². The molecule has 2 unspecified atom stereocenters. The summed E-state index contributed by atoms with van der Waals surface area (Å²) in [6, 6.07) is 6.21. The molecule has 0 aliphatic rings. The summed E-state index contributed by atoms with van der Waals surface area (Å²) in [5.74, 6) is 0.355. The monoisotopic (exact) mass is 280 g/mol. The van der Waals surface area contributed by atoms with Crippen LogP contribution in [0.4, 0.5) is 4.39 Å². The van der Waals surface area contributed by atoms with Gasteiger partial charge in [0.15, 0.2) is 0 Å². The van der Waals surface area contributed by atoms with Crippen molar-refractivity contribution in [2.24, 2.45) is 17.6 Å². The second-order valence-corrected chi connectivity index (χ2v) is 5.72. The molecule has 3 N–H and O–H groups in total. The molecule has 2 atom stereocenters. The van der Waals surface area contributed by atoms with Crippen LogP contribution in [0.2, 0.25) is 0 Å². The van der Waals surface area contributed by atoms with E-state index in [4.69, 9.17) is 5.73 Å². The summed E-state index contributed by atoms with van der Waals surface area (Å²) in [6.45, 7) is 6.71. The first-order chi connectivity index (χ1) is 9.43.